The van der Waals surface area contributed by atoms with Gasteiger partial charge in [0.15, 0.2) is 0 Å². The third-order valence-corrected chi connectivity index (χ3v) is 4.91. The van der Waals surface area contributed by atoms with Gasteiger partial charge in [-0.1, -0.05) is 0 Å². The Bertz CT molecular complexity index is 557. The molecule has 0 radical (unpaired) electrons. The normalized spacial score (nSPS) is 12.5. The van der Waals surface area contributed by atoms with Gasteiger partial charge in [-0.3, -0.25) is 4.79 Å². The van der Waals surface area contributed by atoms with Crippen molar-refractivity contribution in [2.45, 2.75) is 38.1 Å². The number of hydrogen-bond donors (Lipinski definition) is 1. The van der Waals surface area contributed by atoms with E-state index in [4.69, 9.17) is 0 Å². The number of benzene rings is 1. The van der Waals surface area contributed by atoms with Crippen LogP contribution in [-0.2, 0) is 14.8 Å². The van der Waals surface area contributed by atoms with Gasteiger partial charge >= 0.3 is 0 Å². The van der Waals surface area contributed by atoms with E-state index in [0.717, 1.165) is 0 Å². The van der Waals surface area contributed by atoms with Gasteiger partial charge in [0, 0.05) is 25.2 Å². The van der Waals surface area contributed by atoms with Gasteiger partial charge in [-0.15, -0.1) is 0 Å². The molecule has 1 N–H and O–H groups in total. The standard InChI is InChI=1S/C13H20N2O3S/c1-10(16)14-11-6-8-12(9-7-11)19(17,18)15(5)13(2,3)4/h6-9H,1-5H3,(H,14,16). The minimum Gasteiger partial charge on any atom is -0.326 e. The van der Waals surface area contributed by atoms with Crippen LogP contribution in [0.15, 0.2) is 29.2 Å². The van der Waals surface area contributed by atoms with E-state index in [1.54, 1.807) is 19.2 Å². The van der Waals surface area contributed by atoms with Gasteiger partial charge in [0.2, 0.25) is 15.9 Å². The molecule has 1 aromatic rings. The molecule has 0 aromatic heterocycles. The summed E-state index contributed by atoms with van der Waals surface area (Å²) in [4.78, 5) is 11.1. The summed E-state index contributed by atoms with van der Waals surface area (Å²) >= 11 is 0. The van der Waals surface area contributed by atoms with Crippen LogP contribution in [-0.4, -0.2) is 31.2 Å². The van der Waals surface area contributed by atoms with Crippen molar-refractivity contribution in [3.05, 3.63) is 24.3 Å². The zero-order valence-electron chi connectivity index (χ0n) is 11.9. The minimum atomic E-state index is -3.52. The lowest BCUT2D eigenvalue weighted by Crippen LogP contribution is -2.42. The first-order valence-electron chi connectivity index (χ1n) is 5.92. The second kappa shape index (κ2) is 5.30. The zero-order valence-corrected chi connectivity index (χ0v) is 12.7. The first kappa shape index (κ1) is 15.7. The molecule has 0 unspecified atom stereocenters. The summed E-state index contributed by atoms with van der Waals surface area (Å²) in [5, 5.41) is 2.60. The molecule has 0 aliphatic rings. The SMILES string of the molecule is CC(=O)Nc1ccc(S(=O)(=O)N(C)C(C)(C)C)cc1. The average molecular weight is 284 g/mol. The van der Waals surface area contributed by atoms with Crippen molar-refractivity contribution >= 4 is 21.6 Å². The number of anilines is 1. The molecule has 1 amide bonds. The number of carbonyl (C=O) groups is 1. The van der Waals surface area contributed by atoms with Crippen LogP contribution in [0.5, 0.6) is 0 Å². The Balaban J connectivity index is 3.07. The Hall–Kier alpha value is -1.40. The van der Waals surface area contributed by atoms with Crippen molar-refractivity contribution in [1.82, 2.24) is 4.31 Å². The van der Waals surface area contributed by atoms with Crippen LogP contribution in [0, 0.1) is 0 Å². The van der Waals surface area contributed by atoms with E-state index >= 15 is 0 Å². The van der Waals surface area contributed by atoms with E-state index in [2.05, 4.69) is 5.32 Å². The first-order valence-corrected chi connectivity index (χ1v) is 7.36. The number of nitrogens with zero attached hydrogens (tertiary/aromatic N) is 1. The third kappa shape index (κ3) is 3.78. The average Bonchev–Trinajstić information content (AvgIpc) is 2.26. The van der Waals surface area contributed by atoms with Crippen LogP contribution in [0.4, 0.5) is 5.69 Å². The molecule has 1 aromatic carbocycles. The Morgan fingerprint density at radius 2 is 1.63 bits per heavy atom. The van der Waals surface area contributed by atoms with Crippen molar-refractivity contribution in [2.75, 3.05) is 12.4 Å². The van der Waals surface area contributed by atoms with Gasteiger partial charge in [-0.05, 0) is 45.0 Å². The van der Waals surface area contributed by atoms with Gasteiger partial charge in [0.05, 0.1) is 4.90 Å². The van der Waals surface area contributed by atoms with Gasteiger partial charge in [-0.25, -0.2) is 8.42 Å². The Kier molecular flexibility index (Phi) is 4.37. The molecule has 0 saturated heterocycles. The lowest BCUT2D eigenvalue weighted by molar-refractivity contribution is -0.114. The topological polar surface area (TPSA) is 66.5 Å². The number of sulfonamides is 1. The van der Waals surface area contributed by atoms with Crippen LogP contribution in [0.3, 0.4) is 0 Å². The summed E-state index contributed by atoms with van der Waals surface area (Å²) in [5.74, 6) is -0.192. The van der Waals surface area contributed by atoms with Crippen molar-refractivity contribution in [3.8, 4) is 0 Å². The first-order chi connectivity index (χ1) is 8.55. The molecular formula is C13H20N2O3S. The van der Waals surface area contributed by atoms with E-state index in [-0.39, 0.29) is 10.8 Å². The summed E-state index contributed by atoms with van der Waals surface area (Å²) in [6.45, 7) is 6.89. The maximum absolute atomic E-state index is 12.4. The lowest BCUT2D eigenvalue weighted by Gasteiger charge is -2.30. The molecule has 0 heterocycles. The fraction of sp³-hybridized carbons (Fsp3) is 0.462. The second-order valence-corrected chi connectivity index (χ2v) is 7.32. The minimum absolute atomic E-state index is 0.192. The molecule has 0 aliphatic carbocycles. The number of nitrogens with one attached hydrogen (secondary N) is 1. The fourth-order valence-electron chi connectivity index (χ4n) is 1.43. The fourth-order valence-corrected chi connectivity index (χ4v) is 2.95. The second-order valence-electron chi connectivity index (χ2n) is 5.35. The summed E-state index contributed by atoms with van der Waals surface area (Å²) in [7, 11) is -1.97. The van der Waals surface area contributed by atoms with Crippen molar-refractivity contribution in [2.24, 2.45) is 0 Å². The third-order valence-electron chi connectivity index (χ3n) is 2.78. The van der Waals surface area contributed by atoms with E-state index in [9.17, 15) is 13.2 Å². The highest BCUT2D eigenvalue weighted by molar-refractivity contribution is 7.89. The molecule has 0 bridgehead atoms. The van der Waals surface area contributed by atoms with Crippen LogP contribution in [0.25, 0.3) is 0 Å². The number of carbonyl (C=O) groups excluding carboxylic acids is 1. The van der Waals surface area contributed by atoms with Crippen molar-refractivity contribution in [1.29, 1.82) is 0 Å². The summed E-state index contributed by atoms with van der Waals surface area (Å²) < 4.78 is 26.0. The van der Waals surface area contributed by atoms with Gasteiger partial charge in [0.1, 0.15) is 0 Å². The van der Waals surface area contributed by atoms with Crippen LogP contribution in [0.2, 0.25) is 0 Å². The molecule has 0 fully saturated rings. The van der Waals surface area contributed by atoms with Crippen LogP contribution >= 0.6 is 0 Å². The Morgan fingerprint density at radius 1 is 1.16 bits per heavy atom. The van der Waals surface area contributed by atoms with E-state index in [0.29, 0.717) is 5.69 Å². The molecule has 0 saturated carbocycles. The summed E-state index contributed by atoms with van der Waals surface area (Å²) in [6.07, 6.45) is 0. The van der Waals surface area contributed by atoms with Gasteiger partial charge < -0.3 is 5.32 Å². The quantitative estimate of drug-likeness (QED) is 0.924. The molecular weight excluding hydrogens is 264 g/mol. The molecule has 19 heavy (non-hydrogen) atoms. The number of amides is 1. The van der Waals surface area contributed by atoms with Crippen molar-refractivity contribution < 1.29 is 13.2 Å². The predicted molar refractivity (Wildman–Crippen MR) is 75.4 cm³/mol. The maximum Gasteiger partial charge on any atom is 0.243 e. The Morgan fingerprint density at radius 3 is 2.00 bits per heavy atom. The van der Waals surface area contributed by atoms with Crippen molar-refractivity contribution in [3.63, 3.8) is 0 Å². The molecule has 0 spiro atoms. The number of rotatable bonds is 3. The monoisotopic (exact) mass is 284 g/mol. The predicted octanol–water partition coefficient (Wildman–Crippen LogP) is 2.06. The van der Waals surface area contributed by atoms with Gasteiger partial charge in [0.25, 0.3) is 0 Å². The summed E-state index contributed by atoms with van der Waals surface area (Å²) in [5.41, 5.74) is 0.0830. The van der Waals surface area contributed by atoms with E-state index < -0.39 is 15.6 Å². The molecule has 106 valence electrons. The van der Waals surface area contributed by atoms with E-state index in [1.807, 2.05) is 20.8 Å². The van der Waals surface area contributed by atoms with Crippen LogP contribution < -0.4 is 5.32 Å². The highest BCUT2D eigenvalue weighted by Crippen LogP contribution is 2.23. The van der Waals surface area contributed by atoms with Gasteiger partial charge in [-0.2, -0.15) is 4.31 Å². The Labute approximate surface area is 114 Å². The molecule has 6 heteroatoms. The smallest absolute Gasteiger partial charge is 0.243 e. The maximum atomic E-state index is 12.4. The molecule has 5 nitrogen and oxygen atoms in total. The largest absolute Gasteiger partial charge is 0.326 e. The highest BCUT2D eigenvalue weighted by Gasteiger charge is 2.30. The highest BCUT2D eigenvalue weighted by atomic mass is 32.2. The molecule has 0 aliphatic heterocycles. The molecule has 1 rings (SSSR count). The van der Waals surface area contributed by atoms with E-state index in [1.165, 1.54) is 23.4 Å². The summed E-state index contributed by atoms with van der Waals surface area (Å²) in [6, 6.07) is 6.13. The number of hydrogen-bond acceptors (Lipinski definition) is 3. The molecule has 0 atom stereocenters. The zero-order chi connectivity index (χ0) is 14.8. The lowest BCUT2D eigenvalue weighted by atomic mass is 10.1. The van der Waals surface area contributed by atoms with Crippen LogP contribution in [0.1, 0.15) is 27.7 Å².